The number of aromatic nitrogens is 4. The second-order valence-corrected chi connectivity index (χ2v) is 7.81. The summed E-state index contributed by atoms with van der Waals surface area (Å²) >= 11 is 1.22. The number of carbonyl (C=O) groups excluding carboxylic acids is 1. The number of carbonyl (C=O) groups is 1. The van der Waals surface area contributed by atoms with Crippen molar-refractivity contribution in [2.24, 2.45) is 0 Å². The summed E-state index contributed by atoms with van der Waals surface area (Å²) in [5, 5.41) is 14.5. The monoisotopic (exact) mass is 399 g/mol. The lowest BCUT2D eigenvalue weighted by molar-refractivity contribution is -0.115. The molecule has 6 nitrogen and oxygen atoms in total. The van der Waals surface area contributed by atoms with E-state index in [0.717, 1.165) is 17.7 Å². The Balaban J connectivity index is 1.74. The Bertz CT molecular complexity index is 961. The van der Waals surface area contributed by atoms with Crippen LogP contribution in [0.1, 0.15) is 38.7 Å². The number of hydrogen-bond donors (Lipinski definition) is 1. The van der Waals surface area contributed by atoms with Crippen LogP contribution in [0.4, 0.5) is 10.1 Å². The van der Waals surface area contributed by atoms with Gasteiger partial charge in [-0.15, -0.1) is 5.10 Å². The summed E-state index contributed by atoms with van der Waals surface area (Å²) in [7, 11) is 0. The summed E-state index contributed by atoms with van der Waals surface area (Å²) < 4.78 is 14.9. The van der Waals surface area contributed by atoms with E-state index in [-0.39, 0.29) is 11.7 Å². The van der Waals surface area contributed by atoms with Crippen molar-refractivity contribution in [3.05, 3.63) is 59.9 Å². The number of nitrogens with zero attached hydrogens (tertiary/aromatic N) is 4. The van der Waals surface area contributed by atoms with Crippen LogP contribution in [0.25, 0.3) is 5.69 Å². The molecule has 1 N–H and O–H groups in total. The van der Waals surface area contributed by atoms with E-state index < -0.39 is 5.25 Å². The first-order chi connectivity index (χ1) is 13.5. The van der Waals surface area contributed by atoms with E-state index in [1.165, 1.54) is 28.6 Å². The Labute approximate surface area is 167 Å². The number of hydrogen-bond acceptors (Lipinski definition) is 5. The van der Waals surface area contributed by atoms with Crippen LogP contribution in [-0.4, -0.2) is 31.4 Å². The number of tetrazole rings is 1. The zero-order chi connectivity index (χ0) is 20.1. The van der Waals surface area contributed by atoms with Gasteiger partial charge >= 0.3 is 0 Å². The fraction of sp³-hybridized carbons (Fsp3) is 0.300. The molecule has 1 amide bonds. The molecule has 0 unspecified atom stereocenters. The van der Waals surface area contributed by atoms with Crippen LogP contribution in [0.15, 0.2) is 53.7 Å². The van der Waals surface area contributed by atoms with Crippen molar-refractivity contribution in [2.75, 3.05) is 5.32 Å². The van der Waals surface area contributed by atoms with Crippen molar-refractivity contribution in [2.45, 2.75) is 43.5 Å². The van der Waals surface area contributed by atoms with Gasteiger partial charge in [-0.05, 0) is 59.5 Å². The summed E-state index contributed by atoms with van der Waals surface area (Å²) in [6.07, 6.45) is 0.986. The first kappa shape index (κ1) is 20.0. The zero-order valence-corrected chi connectivity index (χ0v) is 16.8. The minimum Gasteiger partial charge on any atom is -0.325 e. The Morgan fingerprint density at radius 2 is 2.00 bits per heavy atom. The highest BCUT2D eigenvalue weighted by atomic mass is 32.2. The van der Waals surface area contributed by atoms with Gasteiger partial charge in [0.15, 0.2) is 0 Å². The predicted octanol–water partition coefficient (Wildman–Crippen LogP) is 4.43. The maximum Gasteiger partial charge on any atom is 0.237 e. The molecular weight excluding hydrogens is 377 g/mol. The lowest BCUT2D eigenvalue weighted by Crippen LogP contribution is -2.23. The van der Waals surface area contributed by atoms with E-state index in [1.807, 2.05) is 24.3 Å². The molecule has 0 bridgehead atoms. The first-order valence-corrected chi connectivity index (χ1v) is 9.98. The number of rotatable bonds is 7. The Hall–Kier alpha value is -2.74. The van der Waals surface area contributed by atoms with Crippen LogP contribution in [0.3, 0.4) is 0 Å². The van der Waals surface area contributed by atoms with Gasteiger partial charge in [0.2, 0.25) is 11.1 Å². The van der Waals surface area contributed by atoms with Crippen molar-refractivity contribution >= 4 is 23.4 Å². The molecule has 0 aliphatic carbocycles. The van der Waals surface area contributed by atoms with Crippen LogP contribution in [-0.2, 0) is 4.79 Å². The highest BCUT2D eigenvalue weighted by Gasteiger charge is 2.21. The van der Waals surface area contributed by atoms with Crippen molar-refractivity contribution in [1.82, 2.24) is 20.2 Å². The van der Waals surface area contributed by atoms with Gasteiger partial charge in [0.05, 0.1) is 10.9 Å². The molecule has 0 aliphatic rings. The second-order valence-electron chi connectivity index (χ2n) is 6.50. The van der Waals surface area contributed by atoms with Gasteiger partial charge in [-0.2, -0.15) is 4.68 Å². The Morgan fingerprint density at radius 1 is 1.21 bits per heavy atom. The van der Waals surface area contributed by atoms with Gasteiger partial charge in [0.25, 0.3) is 0 Å². The molecule has 28 heavy (non-hydrogen) atoms. The molecule has 0 radical (unpaired) electrons. The highest BCUT2D eigenvalue weighted by Crippen LogP contribution is 2.28. The van der Waals surface area contributed by atoms with Gasteiger partial charge in [-0.25, -0.2) is 4.39 Å². The number of nitrogens with one attached hydrogen (secondary N) is 1. The van der Waals surface area contributed by atoms with Crippen LogP contribution < -0.4 is 5.32 Å². The smallest absolute Gasteiger partial charge is 0.237 e. The molecule has 2 atom stereocenters. The summed E-state index contributed by atoms with van der Waals surface area (Å²) in [6.45, 7) is 6.04. The topological polar surface area (TPSA) is 72.7 Å². The van der Waals surface area contributed by atoms with Crippen molar-refractivity contribution in [3.8, 4) is 5.69 Å². The number of anilines is 1. The molecule has 0 spiro atoms. The molecule has 3 rings (SSSR count). The van der Waals surface area contributed by atoms with Crippen LogP contribution in [0.2, 0.25) is 0 Å². The molecular formula is C20H22FN5OS. The molecule has 0 aliphatic heterocycles. The molecule has 0 saturated carbocycles. The van der Waals surface area contributed by atoms with Gasteiger partial charge in [0.1, 0.15) is 5.82 Å². The van der Waals surface area contributed by atoms with Gasteiger partial charge in [-0.3, -0.25) is 4.79 Å². The molecule has 3 aromatic rings. The van der Waals surface area contributed by atoms with Crippen LogP contribution in [0.5, 0.6) is 0 Å². The molecule has 146 valence electrons. The van der Waals surface area contributed by atoms with E-state index in [4.69, 9.17) is 0 Å². The van der Waals surface area contributed by atoms with Crippen LogP contribution in [0, 0.1) is 5.82 Å². The SMILES string of the molecule is CC[C@H](C)c1ccccc1NC(=O)[C@@H](C)Sc1nnnn1-c1cccc(F)c1. The number of halogens is 1. The van der Waals surface area contributed by atoms with E-state index >= 15 is 0 Å². The third-order valence-electron chi connectivity index (χ3n) is 4.51. The summed E-state index contributed by atoms with van der Waals surface area (Å²) in [5.74, 6) is -0.175. The normalized spacial score (nSPS) is 13.1. The molecule has 0 saturated heterocycles. The van der Waals surface area contributed by atoms with E-state index in [0.29, 0.717) is 16.8 Å². The van der Waals surface area contributed by atoms with Gasteiger partial charge < -0.3 is 5.32 Å². The minimum absolute atomic E-state index is 0.144. The first-order valence-electron chi connectivity index (χ1n) is 9.10. The second kappa shape index (κ2) is 8.97. The minimum atomic E-state index is -0.441. The summed E-state index contributed by atoms with van der Waals surface area (Å²) in [5.41, 5.74) is 2.43. The maximum absolute atomic E-state index is 13.5. The molecule has 1 heterocycles. The van der Waals surface area contributed by atoms with Gasteiger partial charge in [0, 0.05) is 5.69 Å². The summed E-state index contributed by atoms with van der Waals surface area (Å²) in [4.78, 5) is 12.7. The lowest BCUT2D eigenvalue weighted by atomic mass is 9.97. The third-order valence-corrected chi connectivity index (χ3v) is 5.54. The fourth-order valence-corrected chi connectivity index (χ4v) is 3.54. The largest absolute Gasteiger partial charge is 0.325 e. The maximum atomic E-state index is 13.5. The average molecular weight is 399 g/mol. The summed E-state index contributed by atoms with van der Waals surface area (Å²) in [6, 6.07) is 13.8. The Morgan fingerprint density at radius 3 is 2.75 bits per heavy atom. The van der Waals surface area contributed by atoms with Crippen molar-refractivity contribution in [1.29, 1.82) is 0 Å². The van der Waals surface area contributed by atoms with E-state index in [9.17, 15) is 9.18 Å². The lowest BCUT2D eigenvalue weighted by Gasteiger charge is -2.17. The van der Waals surface area contributed by atoms with Crippen LogP contribution >= 0.6 is 11.8 Å². The molecule has 8 heteroatoms. The number of para-hydroxylation sites is 1. The highest BCUT2D eigenvalue weighted by molar-refractivity contribution is 8.00. The molecule has 2 aromatic carbocycles. The fourth-order valence-electron chi connectivity index (χ4n) is 2.73. The average Bonchev–Trinajstić information content (AvgIpc) is 3.16. The zero-order valence-electron chi connectivity index (χ0n) is 16.0. The Kier molecular flexibility index (Phi) is 6.41. The van der Waals surface area contributed by atoms with Gasteiger partial charge in [-0.1, -0.05) is 49.9 Å². The standard InChI is InChI=1S/C20H22FN5OS/c1-4-13(2)17-10-5-6-11-18(17)22-19(27)14(3)28-20-23-24-25-26(20)16-9-7-8-15(21)12-16/h5-14H,4H2,1-3H3,(H,22,27)/t13-,14+/m0/s1. The molecule has 0 fully saturated rings. The predicted molar refractivity (Wildman–Crippen MR) is 108 cm³/mol. The quantitative estimate of drug-likeness (QED) is 0.595. The molecule has 1 aromatic heterocycles. The number of amides is 1. The van der Waals surface area contributed by atoms with Crippen molar-refractivity contribution < 1.29 is 9.18 Å². The van der Waals surface area contributed by atoms with E-state index in [2.05, 4.69) is 34.7 Å². The third kappa shape index (κ3) is 4.56. The van der Waals surface area contributed by atoms with Crippen molar-refractivity contribution in [3.63, 3.8) is 0 Å². The van der Waals surface area contributed by atoms with E-state index in [1.54, 1.807) is 19.1 Å². The number of thioether (sulfide) groups is 1. The number of benzene rings is 2.